The van der Waals surface area contributed by atoms with Crippen molar-refractivity contribution in [1.29, 1.82) is 0 Å². The molecule has 4 aromatic rings. The number of amides is 1. The fourth-order valence-electron chi connectivity index (χ4n) is 3.33. The summed E-state index contributed by atoms with van der Waals surface area (Å²) in [5.74, 6) is 0.0778. The van der Waals surface area contributed by atoms with Crippen LogP contribution in [-0.2, 0) is 0 Å². The normalized spacial score (nSPS) is 10.5. The monoisotopic (exact) mass is 412 g/mol. The van der Waals surface area contributed by atoms with E-state index in [2.05, 4.69) is 26.7 Å². The van der Waals surface area contributed by atoms with E-state index < -0.39 is 0 Å². The molecule has 1 amide bonds. The van der Waals surface area contributed by atoms with Gasteiger partial charge in [-0.1, -0.05) is 18.2 Å². The summed E-state index contributed by atoms with van der Waals surface area (Å²) < 4.78 is 13.5. The Kier molecular flexibility index (Phi) is 5.71. The molecule has 2 N–H and O–H groups in total. The van der Waals surface area contributed by atoms with Gasteiger partial charge in [-0.3, -0.25) is 4.79 Å². The minimum absolute atomic E-state index is 0.174. The van der Waals surface area contributed by atoms with Crippen molar-refractivity contribution < 1.29 is 9.18 Å². The number of carbonyl (C=O) groups is 1. The molecule has 4 rings (SSSR count). The molecule has 154 valence electrons. The van der Waals surface area contributed by atoms with Crippen LogP contribution in [0.5, 0.6) is 0 Å². The first-order valence-corrected chi connectivity index (χ1v) is 9.81. The number of nitrogens with zero attached hydrogens (tertiary/aromatic N) is 2. The lowest BCUT2D eigenvalue weighted by Crippen LogP contribution is -2.12. The van der Waals surface area contributed by atoms with Gasteiger partial charge in [0.05, 0.1) is 5.69 Å². The van der Waals surface area contributed by atoms with Crippen molar-refractivity contribution in [3.8, 4) is 11.3 Å². The Morgan fingerprint density at radius 2 is 1.58 bits per heavy atom. The molecular formula is C25H21FN4O. The summed E-state index contributed by atoms with van der Waals surface area (Å²) in [4.78, 5) is 21.0. The summed E-state index contributed by atoms with van der Waals surface area (Å²) in [6.45, 7) is 3.99. The van der Waals surface area contributed by atoms with Crippen molar-refractivity contribution in [2.24, 2.45) is 0 Å². The zero-order valence-corrected chi connectivity index (χ0v) is 17.2. The molecule has 6 heteroatoms. The highest BCUT2D eigenvalue weighted by Crippen LogP contribution is 2.22. The summed E-state index contributed by atoms with van der Waals surface area (Å²) in [6, 6.07) is 21.0. The lowest BCUT2D eigenvalue weighted by Gasteiger charge is -2.10. The molecule has 0 radical (unpaired) electrons. The fraction of sp³-hybridized carbons (Fsp3) is 0.0800. The molecule has 0 aliphatic heterocycles. The number of hydrogen-bond acceptors (Lipinski definition) is 4. The fourth-order valence-corrected chi connectivity index (χ4v) is 3.33. The van der Waals surface area contributed by atoms with Crippen LogP contribution in [0.25, 0.3) is 11.3 Å². The maximum atomic E-state index is 13.5. The molecule has 5 nitrogen and oxygen atoms in total. The second-order valence-electron chi connectivity index (χ2n) is 7.33. The molecule has 3 aromatic carbocycles. The number of rotatable bonds is 5. The molecule has 0 spiro atoms. The predicted octanol–water partition coefficient (Wildman–Crippen LogP) is 5.90. The molecule has 0 bridgehead atoms. The molecule has 0 saturated heterocycles. The number of hydrogen-bond donors (Lipinski definition) is 2. The zero-order valence-electron chi connectivity index (χ0n) is 17.2. The van der Waals surface area contributed by atoms with Gasteiger partial charge in [-0.05, 0) is 73.5 Å². The van der Waals surface area contributed by atoms with Gasteiger partial charge in [0.2, 0.25) is 0 Å². The molecular weight excluding hydrogens is 391 g/mol. The quantitative estimate of drug-likeness (QED) is 0.429. The summed E-state index contributed by atoms with van der Waals surface area (Å²) in [5, 5.41) is 6.11. The second-order valence-corrected chi connectivity index (χ2v) is 7.33. The molecule has 0 aliphatic rings. The maximum Gasteiger partial charge on any atom is 0.255 e. The molecule has 31 heavy (non-hydrogen) atoms. The van der Waals surface area contributed by atoms with Gasteiger partial charge in [0.15, 0.2) is 0 Å². The van der Waals surface area contributed by atoms with Crippen LogP contribution >= 0.6 is 0 Å². The molecule has 0 atom stereocenters. The minimum atomic E-state index is -0.319. The van der Waals surface area contributed by atoms with E-state index in [-0.39, 0.29) is 11.7 Å². The van der Waals surface area contributed by atoms with Crippen LogP contribution in [0, 0.1) is 19.7 Å². The van der Waals surface area contributed by atoms with Gasteiger partial charge in [-0.25, -0.2) is 14.4 Å². The van der Waals surface area contributed by atoms with Crippen molar-refractivity contribution in [3.05, 3.63) is 102 Å². The number of aryl methyl sites for hydroxylation is 2. The molecule has 0 aliphatic carbocycles. The molecule has 1 aromatic heterocycles. The van der Waals surface area contributed by atoms with Gasteiger partial charge in [0.1, 0.15) is 18.0 Å². The topological polar surface area (TPSA) is 66.9 Å². The van der Waals surface area contributed by atoms with Crippen molar-refractivity contribution >= 4 is 23.1 Å². The van der Waals surface area contributed by atoms with Crippen LogP contribution in [0.2, 0.25) is 0 Å². The van der Waals surface area contributed by atoms with Crippen LogP contribution in [0.3, 0.4) is 0 Å². The first-order valence-electron chi connectivity index (χ1n) is 9.81. The smallest absolute Gasteiger partial charge is 0.255 e. The Morgan fingerprint density at radius 3 is 2.29 bits per heavy atom. The van der Waals surface area contributed by atoms with Crippen LogP contribution in [0.4, 0.5) is 21.6 Å². The molecule has 0 saturated carbocycles. The van der Waals surface area contributed by atoms with Gasteiger partial charge in [0, 0.05) is 28.6 Å². The average molecular weight is 412 g/mol. The zero-order chi connectivity index (χ0) is 21.8. The minimum Gasteiger partial charge on any atom is -0.340 e. The average Bonchev–Trinajstić information content (AvgIpc) is 2.74. The highest BCUT2D eigenvalue weighted by molar-refractivity contribution is 6.04. The number of carbonyl (C=O) groups excluding carboxylic acids is 1. The van der Waals surface area contributed by atoms with Crippen molar-refractivity contribution in [2.45, 2.75) is 13.8 Å². The van der Waals surface area contributed by atoms with Crippen molar-refractivity contribution in [2.75, 3.05) is 10.6 Å². The van der Waals surface area contributed by atoms with Crippen LogP contribution in [-0.4, -0.2) is 15.9 Å². The number of halogens is 1. The standard InChI is InChI=1S/C25H21FN4O/c1-16-10-17(2)12-22(11-16)30-25(31)18-6-8-21(9-7-18)29-24-14-23(27-15-28-24)19-4-3-5-20(26)13-19/h3-15H,1-2H3,(H,30,31)(H,27,28,29). The van der Waals surface area contributed by atoms with E-state index in [1.807, 2.05) is 26.0 Å². The first kappa shape index (κ1) is 20.2. The molecule has 0 unspecified atom stereocenters. The van der Waals surface area contributed by atoms with Crippen LogP contribution in [0.1, 0.15) is 21.5 Å². The Morgan fingerprint density at radius 1 is 0.839 bits per heavy atom. The van der Waals surface area contributed by atoms with E-state index in [9.17, 15) is 9.18 Å². The van der Waals surface area contributed by atoms with Crippen molar-refractivity contribution in [1.82, 2.24) is 9.97 Å². The Hall–Kier alpha value is -4.06. The molecule has 1 heterocycles. The van der Waals surface area contributed by atoms with E-state index in [1.54, 1.807) is 42.5 Å². The van der Waals surface area contributed by atoms with Crippen LogP contribution < -0.4 is 10.6 Å². The SMILES string of the molecule is Cc1cc(C)cc(NC(=O)c2ccc(Nc3cc(-c4cccc(F)c4)ncn3)cc2)c1. The van der Waals surface area contributed by atoms with E-state index in [1.165, 1.54) is 18.5 Å². The van der Waals surface area contributed by atoms with E-state index >= 15 is 0 Å². The summed E-state index contributed by atoms with van der Waals surface area (Å²) >= 11 is 0. The largest absolute Gasteiger partial charge is 0.340 e. The van der Waals surface area contributed by atoms with Gasteiger partial charge >= 0.3 is 0 Å². The van der Waals surface area contributed by atoms with Gasteiger partial charge in [0.25, 0.3) is 5.91 Å². The Labute approximate surface area is 180 Å². The number of anilines is 3. The third-order valence-electron chi connectivity index (χ3n) is 4.69. The number of benzene rings is 3. The van der Waals surface area contributed by atoms with E-state index in [0.29, 0.717) is 22.6 Å². The Bertz CT molecular complexity index is 1220. The number of aromatic nitrogens is 2. The number of nitrogens with one attached hydrogen (secondary N) is 2. The van der Waals surface area contributed by atoms with Crippen molar-refractivity contribution in [3.63, 3.8) is 0 Å². The summed E-state index contributed by atoms with van der Waals surface area (Å²) in [6.07, 6.45) is 1.42. The van der Waals surface area contributed by atoms with E-state index in [0.717, 1.165) is 22.5 Å². The highest BCUT2D eigenvalue weighted by atomic mass is 19.1. The van der Waals surface area contributed by atoms with Gasteiger partial charge in [-0.15, -0.1) is 0 Å². The molecule has 0 fully saturated rings. The lowest BCUT2D eigenvalue weighted by atomic mass is 10.1. The highest BCUT2D eigenvalue weighted by Gasteiger charge is 2.08. The maximum absolute atomic E-state index is 13.5. The van der Waals surface area contributed by atoms with Gasteiger partial charge in [-0.2, -0.15) is 0 Å². The Balaban J connectivity index is 1.46. The lowest BCUT2D eigenvalue weighted by molar-refractivity contribution is 0.102. The first-order chi connectivity index (χ1) is 15.0. The summed E-state index contributed by atoms with van der Waals surface area (Å²) in [7, 11) is 0. The third-order valence-corrected chi connectivity index (χ3v) is 4.69. The second kappa shape index (κ2) is 8.75. The van der Waals surface area contributed by atoms with Gasteiger partial charge < -0.3 is 10.6 Å². The third kappa shape index (κ3) is 5.11. The van der Waals surface area contributed by atoms with E-state index in [4.69, 9.17) is 0 Å². The predicted molar refractivity (Wildman–Crippen MR) is 121 cm³/mol. The van der Waals surface area contributed by atoms with Crippen LogP contribution in [0.15, 0.2) is 79.1 Å². The summed E-state index contributed by atoms with van der Waals surface area (Å²) in [5.41, 5.74) is 5.56.